The fourth-order valence-electron chi connectivity index (χ4n) is 2.49. The Hall–Kier alpha value is -2.83. The molecule has 2 aromatic rings. The number of methoxy groups -OCH3 is 2. The zero-order valence-electron chi connectivity index (χ0n) is 15.6. The number of hydrogen-bond donors (Lipinski definition) is 0. The van der Waals surface area contributed by atoms with Gasteiger partial charge in [-0.05, 0) is 37.6 Å². The Bertz CT molecular complexity index is 829. The van der Waals surface area contributed by atoms with Crippen molar-refractivity contribution in [2.75, 3.05) is 20.8 Å². The lowest BCUT2D eigenvalue weighted by Crippen LogP contribution is -2.30. The van der Waals surface area contributed by atoms with Crippen LogP contribution >= 0.6 is 0 Å². The first-order valence-electron chi connectivity index (χ1n) is 8.57. The van der Waals surface area contributed by atoms with Crippen molar-refractivity contribution in [1.29, 1.82) is 0 Å². The molecule has 7 nitrogen and oxygen atoms in total. The summed E-state index contributed by atoms with van der Waals surface area (Å²) in [4.78, 5) is 24.7. The van der Waals surface area contributed by atoms with Crippen LogP contribution in [-0.2, 0) is 11.3 Å². The van der Waals surface area contributed by atoms with Gasteiger partial charge in [-0.25, -0.2) is 9.48 Å². The molecule has 0 spiro atoms. The highest BCUT2D eigenvalue weighted by Gasteiger charge is 2.18. The fourth-order valence-corrected chi connectivity index (χ4v) is 2.49. The average Bonchev–Trinajstić information content (AvgIpc) is 2.66. The molecule has 1 aromatic heterocycles. The lowest BCUT2D eigenvalue weighted by molar-refractivity contribution is 0.0523. The van der Waals surface area contributed by atoms with Gasteiger partial charge in [0.05, 0.1) is 26.5 Å². The monoisotopic (exact) mass is 360 g/mol. The van der Waals surface area contributed by atoms with Crippen LogP contribution in [0.15, 0.2) is 29.1 Å². The first-order valence-corrected chi connectivity index (χ1v) is 8.57. The van der Waals surface area contributed by atoms with E-state index in [9.17, 15) is 9.59 Å². The van der Waals surface area contributed by atoms with E-state index in [1.165, 1.54) is 10.7 Å². The molecule has 0 bridgehead atoms. The van der Waals surface area contributed by atoms with Crippen molar-refractivity contribution in [3.8, 4) is 22.8 Å². The van der Waals surface area contributed by atoms with Crippen molar-refractivity contribution in [3.63, 3.8) is 0 Å². The number of aromatic nitrogens is 2. The van der Waals surface area contributed by atoms with Crippen LogP contribution in [0.2, 0.25) is 0 Å². The van der Waals surface area contributed by atoms with Crippen LogP contribution in [0.4, 0.5) is 0 Å². The summed E-state index contributed by atoms with van der Waals surface area (Å²) < 4.78 is 16.9. The SMILES string of the molecule is CCCCn1nc(-c2ccc(OC)c(OC)c2)cc(C(=O)OCC)c1=O. The van der Waals surface area contributed by atoms with Crippen molar-refractivity contribution in [3.05, 3.63) is 40.2 Å². The molecule has 0 saturated heterocycles. The maximum absolute atomic E-state index is 12.6. The number of aryl methyl sites for hydroxylation is 1. The van der Waals surface area contributed by atoms with Crippen LogP contribution in [0.5, 0.6) is 11.5 Å². The third kappa shape index (κ3) is 4.22. The number of rotatable bonds is 8. The predicted molar refractivity (Wildman–Crippen MR) is 97.9 cm³/mol. The minimum absolute atomic E-state index is 0.0252. The number of carbonyl (C=O) groups is 1. The van der Waals surface area contributed by atoms with Gasteiger partial charge in [0.15, 0.2) is 11.5 Å². The Morgan fingerprint density at radius 3 is 2.46 bits per heavy atom. The standard InChI is InChI=1S/C19H24N2O5/c1-5-7-10-21-18(22)14(19(23)26-6-2)12-15(20-21)13-8-9-16(24-3)17(11-13)25-4/h8-9,11-12H,5-7,10H2,1-4H3. The molecule has 0 radical (unpaired) electrons. The summed E-state index contributed by atoms with van der Waals surface area (Å²) in [5, 5.41) is 4.41. The normalized spacial score (nSPS) is 10.5. The van der Waals surface area contributed by atoms with E-state index < -0.39 is 11.5 Å². The van der Waals surface area contributed by atoms with Gasteiger partial charge in [-0.1, -0.05) is 13.3 Å². The second kappa shape index (κ2) is 9.03. The highest BCUT2D eigenvalue weighted by Crippen LogP contribution is 2.31. The first-order chi connectivity index (χ1) is 12.5. The number of unbranched alkanes of at least 4 members (excludes halogenated alkanes) is 1. The first kappa shape index (κ1) is 19.5. The minimum Gasteiger partial charge on any atom is -0.493 e. The van der Waals surface area contributed by atoms with Gasteiger partial charge >= 0.3 is 5.97 Å². The summed E-state index contributed by atoms with van der Waals surface area (Å²) in [6, 6.07) is 6.77. The predicted octanol–water partition coefficient (Wildman–Crippen LogP) is 2.90. The molecule has 0 aliphatic heterocycles. The molecule has 0 saturated carbocycles. The maximum Gasteiger partial charge on any atom is 0.343 e. The molecule has 140 valence electrons. The van der Waals surface area contributed by atoms with Crippen molar-refractivity contribution in [1.82, 2.24) is 9.78 Å². The van der Waals surface area contributed by atoms with Crippen LogP contribution < -0.4 is 15.0 Å². The molecule has 7 heteroatoms. The van der Waals surface area contributed by atoms with Gasteiger partial charge in [-0.15, -0.1) is 0 Å². The number of benzene rings is 1. The Balaban J connectivity index is 2.58. The Labute approximate surface area is 152 Å². The smallest absolute Gasteiger partial charge is 0.343 e. The molecule has 0 N–H and O–H groups in total. The van der Waals surface area contributed by atoms with Gasteiger partial charge in [0.1, 0.15) is 5.56 Å². The van der Waals surface area contributed by atoms with E-state index in [1.807, 2.05) is 6.92 Å². The third-order valence-corrected chi connectivity index (χ3v) is 3.87. The van der Waals surface area contributed by atoms with E-state index in [2.05, 4.69) is 5.10 Å². The molecule has 1 heterocycles. The second-order valence-corrected chi connectivity index (χ2v) is 5.62. The zero-order chi connectivity index (χ0) is 19.1. The number of nitrogens with zero attached hydrogens (tertiary/aromatic N) is 2. The summed E-state index contributed by atoms with van der Waals surface area (Å²) in [7, 11) is 3.10. The van der Waals surface area contributed by atoms with Crippen LogP contribution in [0, 0.1) is 0 Å². The summed E-state index contributed by atoms with van der Waals surface area (Å²) >= 11 is 0. The zero-order valence-corrected chi connectivity index (χ0v) is 15.6. The summed E-state index contributed by atoms with van der Waals surface area (Å²) in [6.07, 6.45) is 1.69. The molecule has 0 amide bonds. The largest absolute Gasteiger partial charge is 0.493 e. The summed E-state index contributed by atoms with van der Waals surface area (Å²) in [5.74, 6) is 0.476. The highest BCUT2D eigenvalue weighted by molar-refractivity contribution is 5.90. The van der Waals surface area contributed by atoms with E-state index in [0.29, 0.717) is 29.3 Å². The van der Waals surface area contributed by atoms with E-state index in [0.717, 1.165) is 12.8 Å². The van der Waals surface area contributed by atoms with Gasteiger partial charge < -0.3 is 14.2 Å². The van der Waals surface area contributed by atoms with Crippen LogP contribution in [0.25, 0.3) is 11.3 Å². The minimum atomic E-state index is -0.646. The molecule has 2 rings (SSSR count). The fraction of sp³-hybridized carbons (Fsp3) is 0.421. The molecule has 0 aliphatic rings. The van der Waals surface area contributed by atoms with Gasteiger partial charge in [0, 0.05) is 12.1 Å². The van der Waals surface area contributed by atoms with Crippen LogP contribution in [0.3, 0.4) is 0 Å². The quantitative estimate of drug-likeness (QED) is 0.674. The lowest BCUT2D eigenvalue weighted by Gasteiger charge is -2.12. The van der Waals surface area contributed by atoms with Gasteiger partial charge in [-0.2, -0.15) is 5.10 Å². The van der Waals surface area contributed by atoms with Gasteiger partial charge in [0.2, 0.25) is 0 Å². The van der Waals surface area contributed by atoms with Gasteiger partial charge in [0.25, 0.3) is 5.56 Å². The van der Waals surface area contributed by atoms with E-state index in [-0.39, 0.29) is 12.2 Å². The Morgan fingerprint density at radius 1 is 1.12 bits per heavy atom. The number of hydrogen-bond acceptors (Lipinski definition) is 6. The topological polar surface area (TPSA) is 79.7 Å². The van der Waals surface area contributed by atoms with Gasteiger partial charge in [-0.3, -0.25) is 4.79 Å². The van der Waals surface area contributed by atoms with Crippen molar-refractivity contribution in [2.24, 2.45) is 0 Å². The summed E-state index contributed by atoms with van der Waals surface area (Å²) in [6.45, 7) is 4.35. The molecular formula is C19H24N2O5. The van der Waals surface area contributed by atoms with Crippen LogP contribution in [0.1, 0.15) is 37.0 Å². The molecule has 0 unspecified atom stereocenters. The van der Waals surface area contributed by atoms with E-state index >= 15 is 0 Å². The molecule has 26 heavy (non-hydrogen) atoms. The Morgan fingerprint density at radius 2 is 1.85 bits per heavy atom. The number of ether oxygens (including phenoxy) is 3. The maximum atomic E-state index is 12.6. The molecule has 0 atom stereocenters. The number of esters is 1. The van der Waals surface area contributed by atoms with Crippen molar-refractivity contribution < 1.29 is 19.0 Å². The number of carbonyl (C=O) groups excluding carboxylic acids is 1. The van der Waals surface area contributed by atoms with Crippen molar-refractivity contribution >= 4 is 5.97 Å². The third-order valence-electron chi connectivity index (χ3n) is 3.87. The molecule has 0 fully saturated rings. The van der Waals surface area contributed by atoms with E-state index in [1.54, 1.807) is 39.3 Å². The Kier molecular flexibility index (Phi) is 6.77. The summed E-state index contributed by atoms with van der Waals surface area (Å²) in [5.41, 5.74) is 0.729. The molecule has 1 aromatic carbocycles. The van der Waals surface area contributed by atoms with Crippen molar-refractivity contribution in [2.45, 2.75) is 33.2 Å². The lowest BCUT2D eigenvalue weighted by atomic mass is 10.1. The van der Waals surface area contributed by atoms with Crippen LogP contribution in [-0.4, -0.2) is 36.6 Å². The highest BCUT2D eigenvalue weighted by atomic mass is 16.5. The van der Waals surface area contributed by atoms with E-state index in [4.69, 9.17) is 14.2 Å². The molecular weight excluding hydrogens is 336 g/mol. The average molecular weight is 360 g/mol. The molecule has 0 aliphatic carbocycles. The second-order valence-electron chi connectivity index (χ2n) is 5.62.